The van der Waals surface area contributed by atoms with Gasteiger partial charge in [-0.15, -0.1) is 0 Å². The van der Waals surface area contributed by atoms with Gasteiger partial charge in [-0.2, -0.15) is 0 Å². The predicted octanol–water partition coefficient (Wildman–Crippen LogP) is 4.33. The van der Waals surface area contributed by atoms with Crippen LogP contribution in [0.25, 0.3) is 0 Å². The average molecular weight is 447 g/mol. The van der Waals surface area contributed by atoms with Crippen molar-refractivity contribution in [3.8, 4) is 11.5 Å². The standard InChI is InChI=1S/C25H22FN3O4/c1-16-7-13-19(14-8-16)33-21-6-4-3-5-20(21)27-22(30)15-29-23(31)25(2,28-24(29)32)17-9-11-18(26)12-10-17/h3-14H,15H2,1-2H3,(H,27,30)(H,28,32). The molecule has 1 aliphatic rings. The molecule has 8 heteroatoms. The van der Waals surface area contributed by atoms with Gasteiger partial charge in [-0.3, -0.25) is 14.5 Å². The number of hydrogen-bond acceptors (Lipinski definition) is 4. The van der Waals surface area contributed by atoms with Crippen LogP contribution < -0.4 is 15.4 Å². The fourth-order valence-corrected chi connectivity index (χ4v) is 3.54. The van der Waals surface area contributed by atoms with Crippen LogP contribution in [0.15, 0.2) is 72.8 Å². The molecule has 1 heterocycles. The monoisotopic (exact) mass is 447 g/mol. The molecule has 4 rings (SSSR count). The molecule has 0 radical (unpaired) electrons. The maximum Gasteiger partial charge on any atom is 0.325 e. The van der Waals surface area contributed by atoms with Gasteiger partial charge in [-0.1, -0.05) is 42.0 Å². The molecule has 0 saturated carbocycles. The van der Waals surface area contributed by atoms with Crippen LogP contribution in [0, 0.1) is 12.7 Å². The molecule has 0 bridgehead atoms. The number of carbonyl (C=O) groups is 3. The summed E-state index contributed by atoms with van der Waals surface area (Å²) in [6, 6.07) is 18.9. The molecule has 1 saturated heterocycles. The third-order valence-corrected chi connectivity index (χ3v) is 5.41. The van der Waals surface area contributed by atoms with E-state index in [9.17, 15) is 18.8 Å². The number of rotatable bonds is 6. The zero-order chi connectivity index (χ0) is 23.6. The van der Waals surface area contributed by atoms with Crippen LogP contribution in [0.5, 0.6) is 11.5 Å². The quantitative estimate of drug-likeness (QED) is 0.551. The van der Waals surface area contributed by atoms with Crippen molar-refractivity contribution < 1.29 is 23.5 Å². The molecule has 3 aromatic rings. The van der Waals surface area contributed by atoms with Crippen molar-refractivity contribution >= 4 is 23.5 Å². The van der Waals surface area contributed by atoms with E-state index in [1.807, 2.05) is 31.2 Å². The first-order valence-electron chi connectivity index (χ1n) is 10.3. The summed E-state index contributed by atoms with van der Waals surface area (Å²) in [5.41, 5.74) is 0.515. The summed E-state index contributed by atoms with van der Waals surface area (Å²) in [6.07, 6.45) is 0. The van der Waals surface area contributed by atoms with Crippen LogP contribution >= 0.6 is 0 Å². The van der Waals surface area contributed by atoms with Crippen LogP contribution in [0.4, 0.5) is 14.9 Å². The number of imide groups is 1. The lowest BCUT2D eigenvalue weighted by Crippen LogP contribution is -2.42. The molecule has 1 aliphatic heterocycles. The molecule has 1 unspecified atom stereocenters. The number of urea groups is 1. The molecule has 0 aliphatic carbocycles. The molecule has 168 valence electrons. The van der Waals surface area contributed by atoms with Crippen molar-refractivity contribution in [2.75, 3.05) is 11.9 Å². The van der Waals surface area contributed by atoms with Crippen molar-refractivity contribution in [1.29, 1.82) is 0 Å². The Morgan fingerprint density at radius 3 is 2.39 bits per heavy atom. The number of nitrogens with one attached hydrogen (secondary N) is 2. The topological polar surface area (TPSA) is 87.7 Å². The summed E-state index contributed by atoms with van der Waals surface area (Å²) in [6.45, 7) is 3.00. The number of halogens is 1. The van der Waals surface area contributed by atoms with Gasteiger partial charge in [0.15, 0.2) is 5.75 Å². The molecule has 33 heavy (non-hydrogen) atoms. The summed E-state index contributed by atoms with van der Waals surface area (Å²) in [4.78, 5) is 39.0. The number of ether oxygens (including phenoxy) is 1. The first-order valence-corrected chi connectivity index (χ1v) is 10.3. The maximum absolute atomic E-state index is 13.3. The molecule has 0 spiro atoms. The number of nitrogens with zero attached hydrogens (tertiary/aromatic N) is 1. The minimum atomic E-state index is -1.39. The Balaban J connectivity index is 1.47. The number of amides is 4. The number of para-hydroxylation sites is 2. The van der Waals surface area contributed by atoms with Gasteiger partial charge in [0.1, 0.15) is 23.7 Å². The highest BCUT2D eigenvalue weighted by Crippen LogP contribution is 2.31. The second-order valence-electron chi connectivity index (χ2n) is 7.91. The van der Waals surface area contributed by atoms with Crippen LogP contribution in [0.3, 0.4) is 0 Å². The fourth-order valence-electron chi connectivity index (χ4n) is 3.54. The zero-order valence-electron chi connectivity index (χ0n) is 18.1. The van der Waals surface area contributed by atoms with Gasteiger partial charge in [0, 0.05) is 0 Å². The van der Waals surface area contributed by atoms with Crippen LogP contribution in [0.1, 0.15) is 18.1 Å². The van der Waals surface area contributed by atoms with Crippen molar-refractivity contribution in [1.82, 2.24) is 10.2 Å². The Labute approximate surface area is 190 Å². The smallest absolute Gasteiger partial charge is 0.325 e. The van der Waals surface area contributed by atoms with Gasteiger partial charge >= 0.3 is 6.03 Å². The van der Waals surface area contributed by atoms with Crippen molar-refractivity contribution in [3.05, 3.63) is 89.7 Å². The lowest BCUT2D eigenvalue weighted by molar-refractivity contribution is -0.133. The first kappa shape index (κ1) is 22.0. The largest absolute Gasteiger partial charge is 0.455 e. The molecular weight excluding hydrogens is 425 g/mol. The summed E-state index contributed by atoms with van der Waals surface area (Å²) in [7, 11) is 0. The Morgan fingerprint density at radius 1 is 1.03 bits per heavy atom. The van der Waals surface area contributed by atoms with Gasteiger partial charge in [-0.05, 0) is 55.8 Å². The highest BCUT2D eigenvalue weighted by molar-refractivity contribution is 6.10. The number of benzene rings is 3. The zero-order valence-corrected chi connectivity index (χ0v) is 18.1. The van der Waals surface area contributed by atoms with Crippen LogP contribution in [-0.2, 0) is 15.1 Å². The number of anilines is 1. The summed E-state index contributed by atoms with van der Waals surface area (Å²) in [5.74, 6) is -0.600. The minimum absolute atomic E-state index is 0.399. The van der Waals surface area contributed by atoms with Gasteiger partial charge in [0.25, 0.3) is 5.91 Å². The summed E-state index contributed by atoms with van der Waals surface area (Å²) >= 11 is 0. The molecule has 7 nitrogen and oxygen atoms in total. The van der Waals surface area contributed by atoms with Gasteiger partial charge in [0.2, 0.25) is 5.91 Å². The SMILES string of the molecule is Cc1ccc(Oc2ccccc2NC(=O)CN2C(=O)NC(C)(c3ccc(F)cc3)C2=O)cc1. The first-order chi connectivity index (χ1) is 15.8. The second kappa shape index (κ2) is 8.74. The van der Waals surface area contributed by atoms with E-state index in [0.717, 1.165) is 10.5 Å². The molecule has 0 aromatic heterocycles. The van der Waals surface area contributed by atoms with Crippen molar-refractivity contribution in [2.24, 2.45) is 0 Å². The fraction of sp³-hybridized carbons (Fsp3) is 0.160. The van der Waals surface area contributed by atoms with E-state index in [1.165, 1.54) is 31.2 Å². The maximum atomic E-state index is 13.3. The Bertz CT molecular complexity index is 1210. The van der Waals surface area contributed by atoms with E-state index in [2.05, 4.69) is 10.6 Å². The van der Waals surface area contributed by atoms with E-state index in [-0.39, 0.29) is 0 Å². The van der Waals surface area contributed by atoms with Crippen molar-refractivity contribution in [3.63, 3.8) is 0 Å². The summed E-state index contributed by atoms with van der Waals surface area (Å²) < 4.78 is 19.1. The Morgan fingerprint density at radius 2 is 1.70 bits per heavy atom. The predicted molar refractivity (Wildman–Crippen MR) is 120 cm³/mol. The molecular formula is C25H22FN3O4. The number of carbonyl (C=O) groups excluding carboxylic acids is 3. The highest BCUT2D eigenvalue weighted by atomic mass is 19.1. The molecule has 1 fully saturated rings. The lowest BCUT2D eigenvalue weighted by Gasteiger charge is -2.22. The van der Waals surface area contributed by atoms with Gasteiger partial charge < -0.3 is 15.4 Å². The average Bonchev–Trinajstić information content (AvgIpc) is 3.01. The Kier molecular flexibility index (Phi) is 5.83. The summed E-state index contributed by atoms with van der Waals surface area (Å²) in [5, 5.41) is 5.29. The van der Waals surface area contributed by atoms with E-state index in [1.54, 1.807) is 24.3 Å². The van der Waals surface area contributed by atoms with Crippen LogP contribution in [0.2, 0.25) is 0 Å². The molecule has 4 amide bonds. The lowest BCUT2D eigenvalue weighted by atomic mass is 9.92. The van der Waals surface area contributed by atoms with E-state index in [4.69, 9.17) is 4.74 Å². The minimum Gasteiger partial charge on any atom is -0.455 e. The Hall–Kier alpha value is -4.20. The van der Waals surface area contributed by atoms with Gasteiger partial charge in [-0.25, -0.2) is 9.18 Å². The van der Waals surface area contributed by atoms with Crippen molar-refractivity contribution in [2.45, 2.75) is 19.4 Å². The molecule has 2 N–H and O–H groups in total. The molecule has 1 atom stereocenters. The third-order valence-electron chi connectivity index (χ3n) is 5.41. The molecule has 3 aromatic carbocycles. The van der Waals surface area contributed by atoms with E-state index in [0.29, 0.717) is 22.7 Å². The third kappa shape index (κ3) is 4.55. The van der Waals surface area contributed by atoms with E-state index < -0.39 is 35.7 Å². The number of hydrogen-bond donors (Lipinski definition) is 2. The number of aryl methyl sites for hydroxylation is 1. The van der Waals surface area contributed by atoms with Crippen LogP contribution in [-0.4, -0.2) is 29.3 Å². The normalized spacial score (nSPS) is 17.6. The highest BCUT2D eigenvalue weighted by Gasteiger charge is 2.49. The second-order valence-corrected chi connectivity index (χ2v) is 7.91. The van der Waals surface area contributed by atoms with E-state index >= 15 is 0 Å². The van der Waals surface area contributed by atoms with Gasteiger partial charge in [0.05, 0.1) is 5.69 Å².